The van der Waals surface area contributed by atoms with Crippen molar-refractivity contribution >= 4 is 11.6 Å². The van der Waals surface area contributed by atoms with E-state index in [1.54, 1.807) is 24.3 Å². The Bertz CT molecular complexity index is 783. The standard InChI is InChI=1S/C14H8ClF3N4/c15-10-3-1-9(2-4-10)11-7-12(14(16,17)18)21-13(20-11)22-6-5-19-8-22/h1-8H. The molecule has 2 aromatic heterocycles. The van der Waals surface area contributed by atoms with Gasteiger partial charge in [-0.15, -0.1) is 0 Å². The first-order valence-electron chi connectivity index (χ1n) is 6.14. The lowest BCUT2D eigenvalue weighted by Gasteiger charge is -2.11. The van der Waals surface area contributed by atoms with Crippen molar-refractivity contribution in [3.05, 3.63) is 59.8 Å². The third-order valence-electron chi connectivity index (χ3n) is 2.88. The Kier molecular flexibility index (Phi) is 3.58. The zero-order valence-electron chi connectivity index (χ0n) is 10.9. The summed E-state index contributed by atoms with van der Waals surface area (Å²) >= 11 is 5.79. The summed E-state index contributed by atoms with van der Waals surface area (Å²) in [5.41, 5.74) is -0.350. The van der Waals surface area contributed by atoms with Crippen LogP contribution >= 0.6 is 11.6 Å². The monoisotopic (exact) mass is 324 g/mol. The van der Waals surface area contributed by atoms with E-state index in [4.69, 9.17) is 11.6 Å². The minimum Gasteiger partial charge on any atom is -0.274 e. The smallest absolute Gasteiger partial charge is 0.274 e. The largest absolute Gasteiger partial charge is 0.433 e. The summed E-state index contributed by atoms with van der Waals surface area (Å²) in [6.45, 7) is 0. The Morgan fingerprint density at radius 3 is 2.36 bits per heavy atom. The Hall–Kier alpha value is -2.41. The van der Waals surface area contributed by atoms with Gasteiger partial charge in [-0.3, -0.25) is 4.57 Å². The van der Waals surface area contributed by atoms with Gasteiger partial charge in [-0.05, 0) is 18.2 Å². The van der Waals surface area contributed by atoms with Gasteiger partial charge in [-0.2, -0.15) is 13.2 Å². The summed E-state index contributed by atoms with van der Waals surface area (Å²) in [7, 11) is 0. The molecule has 0 N–H and O–H groups in total. The third-order valence-corrected chi connectivity index (χ3v) is 3.13. The van der Waals surface area contributed by atoms with E-state index in [9.17, 15) is 13.2 Å². The number of alkyl halides is 3. The van der Waals surface area contributed by atoms with Gasteiger partial charge in [0.25, 0.3) is 0 Å². The van der Waals surface area contributed by atoms with Crippen LogP contribution in [0.15, 0.2) is 49.1 Å². The molecule has 0 unspecified atom stereocenters. The van der Waals surface area contributed by atoms with Gasteiger partial charge in [0.15, 0.2) is 5.69 Å². The lowest BCUT2D eigenvalue weighted by atomic mass is 10.1. The van der Waals surface area contributed by atoms with Crippen LogP contribution < -0.4 is 0 Å². The van der Waals surface area contributed by atoms with Crippen molar-refractivity contribution in [2.24, 2.45) is 0 Å². The van der Waals surface area contributed by atoms with E-state index in [0.717, 1.165) is 6.07 Å². The average Bonchev–Trinajstić information content (AvgIpc) is 3.01. The number of imidazole rings is 1. The molecule has 0 aliphatic carbocycles. The van der Waals surface area contributed by atoms with Gasteiger partial charge in [-0.25, -0.2) is 15.0 Å². The highest BCUT2D eigenvalue weighted by Crippen LogP contribution is 2.31. The molecule has 3 rings (SSSR count). The quantitative estimate of drug-likeness (QED) is 0.715. The third kappa shape index (κ3) is 2.94. The molecule has 0 saturated carbocycles. The Morgan fingerprint density at radius 2 is 1.77 bits per heavy atom. The molecule has 3 aromatic rings. The molecule has 0 aliphatic rings. The van der Waals surface area contributed by atoms with Crippen molar-refractivity contribution in [1.29, 1.82) is 0 Å². The van der Waals surface area contributed by atoms with Crippen LogP contribution in [-0.4, -0.2) is 19.5 Å². The second kappa shape index (κ2) is 5.42. The van der Waals surface area contributed by atoms with E-state index in [-0.39, 0.29) is 11.6 Å². The predicted octanol–water partition coefficient (Wildman–Crippen LogP) is 4.00. The molecular formula is C14H8ClF3N4. The molecule has 1 aromatic carbocycles. The molecule has 2 heterocycles. The van der Waals surface area contributed by atoms with Crippen LogP contribution in [0.5, 0.6) is 0 Å². The first-order valence-corrected chi connectivity index (χ1v) is 6.52. The van der Waals surface area contributed by atoms with Crippen LogP contribution in [0.25, 0.3) is 17.2 Å². The highest BCUT2D eigenvalue weighted by Gasteiger charge is 2.34. The number of hydrogen-bond donors (Lipinski definition) is 0. The SMILES string of the molecule is FC(F)(F)c1cc(-c2ccc(Cl)cc2)nc(-n2ccnc2)n1. The zero-order chi connectivity index (χ0) is 15.7. The minimum absolute atomic E-state index is 0.0997. The van der Waals surface area contributed by atoms with Gasteiger partial charge in [0.2, 0.25) is 5.95 Å². The summed E-state index contributed by atoms with van der Waals surface area (Å²) < 4.78 is 40.4. The number of nitrogens with zero attached hydrogens (tertiary/aromatic N) is 4. The Morgan fingerprint density at radius 1 is 1.05 bits per heavy atom. The lowest BCUT2D eigenvalue weighted by Crippen LogP contribution is -2.12. The van der Waals surface area contributed by atoms with Gasteiger partial charge >= 0.3 is 6.18 Å². The van der Waals surface area contributed by atoms with E-state index in [0.29, 0.717) is 10.6 Å². The van der Waals surface area contributed by atoms with Crippen molar-refractivity contribution in [3.8, 4) is 17.2 Å². The number of halogens is 4. The van der Waals surface area contributed by atoms with Crippen LogP contribution in [0.4, 0.5) is 13.2 Å². The van der Waals surface area contributed by atoms with E-state index >= 15 is 0 Å². The average molecular weight is 325 g/mol. The predicted molar refractivity (Wildman–Crippen MR) is 74.6 cm³/mol. The highest BCUT2D eigenvalue weighted by molar-refractivity contribution is 6.30. The maximum absolute atomic E-state index is 13.0. The van der Waals surface area contributed by atoms with E-state index in [1.807, 2.05) is 0 Å². The molecule has 0 spiro atoms. The number of hydrogen-bond acceptors (Lipinski definition) is 3. The van der Waals surface area contributed by atoms with Crippen molar-refractivity contribution in [3.63, 3.8) is 0 Å². The van der Waals surface area contributed by atoms with Crippen LogP contribution in [0.1, 0.15) is 5.69 Å². The second-order valence-electron chi connectivity index (χ2n) is 4.41. The number of aromatic nitrogens is 4. The maximum Gasteiger partial charge on any atom is 0.433 e. The first-order chi connectivity index (χ1) is 10.4. The van der Waals surface area contributed by atoms with Crippen molar-refractivity contribution < 1.29 is 13.2 Å². The van der Waals surface area contributed by atoms with E-state index in [1.165, 1.54) is 23.3 Å². The Balaban J connectivity index is 2.17. The summed E-state index contributed by atoms with van der Waals surface area (Å²) in [5, 5.41) is 0.490. The summed E-state index contributed by atoms with van der Waals surface area (Å²) in [4.78, 5) is 11.5. The van der Waals surface area contributed by atoms with Crippen molar-refractivity contribution in [2.45, 2.75) is 6.18 Å². The van der Waals surface area contributed by atoms with Gasteiger partial charge in [-0.1, -0.05) is 23.7 Å². The van der Waals surface area contributed by atoms with Gasteiger partial charge in [0, 0.05) is 23.0 Å². The normalized spacial score (nSPS) is 11.6. The lowest BCUT2D eigenvalue weighted by molar-refractivity contribution is -0.141. The first kappa shape index (κ1) is 14.5. The molecule has 0 radical (unpaired) electrons. The maximum atomic E-state index is 13.0. The fourth-order valence-electron chi connectivity index (χ4n) is 1.84. The van der Waals surface area contributed by atoms with E-state index < -0.39 is 11.9 Å². The number of rotatable bonds is 2. The Labute approximate surface area is 128 Å². The van der Waals surface area contributed by atoms with Crippen LogP contribution in [0.2, 0.25) is 5.02 Å². The molecule has 4 nitrogen and oxygen atoms in total. The molecule has 0 fully saturated rings. The molecular weight excluding hydrogens is 317 g/mol. The van der Waals surface area contributed by atoms with Crippen LogP contribution in [0.3, 0.4) is 0 Å². The molecule has 0 aliphatic heterocycles. The second-order valence-corrected chi connectivity index (χ2v) is 4.85. The van der Waals surface area contributed by atoms with Gasteiger partial charge in [0.1, 0.15) is 6.33 Å². The molecule has 0 saturated heterocycles. The summed E-state index contributed by atoms with van der Waals surface area (Å²) in [6.07, 6.45) is -0.326. The highest BCUT2D eigenvalue weighted by atomic mass is 35.5. The molecule has 8 heteroatoms. The van der Waals surface area contributed by atoms with Crippen LogP contribution in [0, 0.1) is 0 Å². The molecule has 0 bridgehead atoms. The summed E-state index contributed by atoms with van der Waals surface area (Å²) in [6, 6.07) is 7.28. The molecule has 22 heavy (non-hydrogen) atoms. The van der Waals surface area contributed by atoms with Crippen LogP contribution in [-0.2, 0) is 6.18 Å². The van der Waals surface area contributed by atoms with Gasteiger partial charge < -0.3 is 0 Å². The fourth-order valence-corrected chi connectivity index (χ4v) is 1.97. The summed E-state index contributed by atoms with van der Waals surface area (Å²) in [5.74, 6) is -0.0997. The van der Waals surface area contributed by atoms with Gasteiger partial charge in [0.05, 0.1) is 5.69 Å². The molecule has 0 amide bonds. The van der Waals surface area contributed by atoms with E-state index in [2.05, 4.69) is 15.0 Å². The topological polar surface area (TPSA) is 43.6 Å². The minimum atomic E-state index is -4.57. The number of benzene rings is 1. The zero-order valence-corrected chi connectivity index (χ0v) is 11.7. The van der Waals surface area contributed by atoms with Crippen molar-refractivity contribution in [1.82, 2.24) is 19.5 Å². The molecule has 0 atom stereocenters. The molecule has 112 valence electrons. The van der Waals surface area contributed by atoms with Crippen molar-refractivity contribution in [2.75, 3.05) is 0 Å². The fraction of sp³-hybridized carbons (Fsp3) is 0.0714.